The van der Waals surface area contributed by atoms with Gasteiger partial charge in [-0.05, 0) is 55.4 Å². The van der Waals surface area contributed by atoms with Crippen LogP contribution in [0.15, 0.2) is 67.1 Å². The van der Waals surface area contributed by atoms with Gasteiger partial charge in [-0.25, -0.2) is 4.98 Å². The van der Waals surface area contributed by atoms with Gasteiger partial charge in [0.15, 0.2) is 0 Å². The Bertz CT molecular complexity index is 1300. The third-order valence-electron chi connectivity index (χ3n) is 7.50. The van der Waals surface area contributed by atoms with Crippen LogP contribution in [0.3, 0.4) is 0 Å². The number of allylic oxidation sites excluding steroid dienone is 1. The van der Waals surface area contributed by atoms with Gasteiger partial charge in [0, 0.05) is 66.0 Å². The number of likely N-dealkylation sites (tertiary alicyclic amines) is 1. The second kappa shape index (κ2) is 9.53. The highest BCUT2D eigenvalue weighted by Gasteiger charge is 2.44. The fourth-order valence-corrected chi connectivity index (χ4v) is 5.65. The van der Waals surface area contributed by atoms with E-state index < -0.39 is 0 Å². The second-order valence-electron chi connectivity index (χ2n) is 9.73. The molecule has 2 N–H and O–H groups in total. The molecular weight excluding hydrogens is 452 g/mol. The quantitative estimate of drug-likeness (QED) is 0.384. The van der Waals surface area contributed by atoms with Gasteiger partial charge in [0.2, 0.25) is 5.95 Å². The Labute approximate surface area is 209 Å². The zero-order valence-electron chi connectivity index (χ0n) is 19.9. The maximum absolute atomic E-state index is 12.8. The van der Waals surface area contributed by atoms with Crippen molar-refractivity contribution >= 4 is 29.6 Å². The van der Waals surface area contributed by atoms with Crippen molar-refractivity contribution in [2.75, 3.05) is 23.7 Å². The molecule has 1 aromatic carbocycles. The van der Waals surface area contributed by atoms with Gasteiger partial charge in [-0.2, -0.15) is 4.98 Å². The minimum Gasteiger partial charge on any atom is -0.365 e. The number of pyridine rings is 1. The molecule has 1 saturated carbocycles. The van der Waals surface area contributed by atoms with Crippen LogP contribution in [-0.2, 0) is 4.79 Å². The first-order valence-electron chi connectivity index (χ1n) is 12.5. The molecule has 0 radical (unpaired) electrons. The van der Waals surface area contributed by atoms with Crippen LogP contribution in [0.1, 0.15) is 29.6 Å². The van der Waals surface area contributed by atoms with E-state index in [4.69, 9.17) is 4.98 Å². The molecule has 0 spiro atoms. The molecule has 4 unspecified atom stereocenters. The molecule has 182 valence electrons. The molecule has 3 heterocycles. The Balaban J connectivity index is 1.29. The largest absolute Gasteiger partial charge is 0.365 e. The summed E-state index contributed by atoms with van der Waals surface area (Å²) in [4.78, 5) is 40.2. The van der Waals surface area contributed by atoms with Crippen LogP contribution in [0, 0.1) is 17.8 Å². The first-order valence-corrected chi connectivity index (χ1v) is 12.5. The molecule has 2 fully saturated rings. The standard InChI is InChI=1S/C28H28N6O2/c35-17-24-18-8-9-19(13-18)25(24)32-26-23(21-6-4-10-29-15-21)16-30-28(33-26)31-22-7-3-5-20(14-22)27(36)34-11-1-2-12-34/h3-10,14-19,24-25H,1-2,11-13H2,(H2,30,31,32,33). The van der Waals surface area contributed by atoms with Gasteiger partial charge < -0.3 is 20.3 Å². The zero-order chi connectivity index (χ0) is 24.5. The van der Waals surface area contributed by atoms with Gasteiger partial charge in [-0.1, -0.05) is 24.3 Å². The van der Waals surface area contributed by atoms with Gasteiger partial charge in [-0.3, -0.25) is 9.78 Å². The van der Waals surface area contributed by atoms with Crippen LogP contribution in [0.25, 0.3) is 11.1 Å². The number of fused-ring (bicyclic) bond motifs is 2. The number of aldehydes is 1. The van der Waals surface area contributed by atoms with Crippen LogP contribution in [0.5, 0.6) is 0 Å². The number of hydrogen-bond donors (Lipinski definition) is 2. The Morgan fingerprint density at radius 3 is 2.72 bits per heavy atom. The molecule has 8 heteroatoms. The lowest BCUT2D eigenvalue weighted by molar-refractivity contribution is -0.111. The van der Waals surface area contributed by atoms with Gasteiger partial charge in [0.25, 0.3) is 5.91 Å². The normalized spacial score (nSPS) is 24.2. The Morgan fingerprint density at radius 1 is 1.06 bits per heavy atom. The summed E-state index contributed by atoms with van der Waals surface area (Å²) >= 11 is 0. The predicted octanol–water partition coefficient (Wildman–Crippen LogP) is 4.32. The summed E-state index contributed by atoms with van der Waals surface area (Å²) in [5.41, 5.74) is 3.11. The van der Waals surface area contributed by atoms with E-state index >= 15 is 0 Å². The van der Waals surface area contributed by atoms with E-state index in [2.05, 4.69) is 32.8 Å². The van der Waals surface area contributed by atoms with Crippen molar-refractivity contribution in [3.63, 3.8) is 0 Å². The molecule has 8 nitrogen and oxygen atoms in total. The third-order valence-corrected chi connectivity index (χ3v) is 7.50. The lowest BCUT2D eigenvalue weighted by atomic mass is 9.90. The average Bonchev–Trinajstić information content (AvgIpc) is 3.68. The molecular formula is C28H28N6O2. The molecule has 2 bridgehead atoms. The summed E-state index contributed by atoms with van der Waals surface area (Å²) in [6, 6.07) is 11.3. The number of hydrogen-bond acceptors (Lipinski definition) is 7. The first-order chi connectivity index (χ1) is 17.7. The second-order valence-corrected chi connectivity index (χ2v) is 9.73. The number of aromatic nitrogens is 3. The fourth-order valence-electron chi connectivity index (χ4n) is 5.65. The van der Waals surface area contributed by atoms with Crippen LogP contribution >= 0.6 is 0 Å². The van der Waals surface area contributed by atoms with Crippen molar-refractivity contribution in [1.82, 2.24) is 19.9 Å². The van der Waals surface area contributed by atoms with E-state index in [1.807, 2.05) is 41.3 Å². The molecule has 3 aliphatic rings. The molecule has 2 aliphatic carbocycles. The Kier molecular flexibility index (Phi) is 5.93. The third kappa shape index (κ3) is 4.23. The van der Waals surface area contributed by atoms with E-state index in [0.717, 1.165) is 55.5 Å². The van der Waals surface area contributed by atoms with Crippen molar-refractivity contribution in [2.24, 2.45) is 17.8 Å². The lowest BCUT2D eigenvalue weighted by Gasteiger charge is -2.26. The van der Waals surface area contributed by atoms with Gasteiger partial charge in [-0.15, -0.1) is 0 Å². The number of amides is 1. The van der Waals surface area contributed by atoms with Gasteiger partial charge in [0.05, 0.1) is 0 Å². The van der Waals surface area contributed by atoms with Crippen LogP contribution in [0.4, 0.5) is 17.5 Å². The number of anilines is 3. The molecule has 36 heavy (non-hydrogen) atoms. The summed E-state index contributed by atoms with van der Waals surface area (Å²) in [7, 11) is 0. The number of nitrogens with one attached hydrogen (secondary N) is 2. The van der Waals surface area contributed by atoms with Gasteiger partial charge >= 0.3 is 0 Å². The van der Waals surface area contributed by atoms with E-state index in [0.29, 0.717) is 23.2 Å². The number of carbonyl (C=O) groups is 2. The molecule has 1 amide bonds. The topological polar surface area (TPSA) is 100 Å². The first kappa shape index (κ1) is 22.4. The summed E-state index contributed by atoms with van der Waals surface area (Å²) in [5, 5.41) is 6.83. The molecule has 1 saturated heterocycles. The van der Waals surface area contributed by atoms with Crippen molar-refractivity contribution < 1.29 is 9.59 Å². The number of carbonyl (C=O) groups excluding carboxylic acids is 2. The summed E-state index contributed by atoms with van der Waals surface area (Å²) in [6.07, 6.45) is 13.8. The monoisotopic (exact) mass is 480 g/mol. The molecule has 2 aromatic heterocycles. The summed E-state index contributed by atoms with van der Waals surface area (Å²) in [5.74, 6) is 1.62. The zero-order valence-corrected chi connectivity index (χ0v) is 19.9. The van der Waals surface area contributed by atoms with Crippen LogP contribution in [0.2, 0.25) is 0 Å². The highest BCUT2D eigenvalue weighted by Crippen LogP contribution is 2.44. The van der Waals surface area contributed by atoms with Crippen LogP contribution in [-0.4, -0.2) is 51.2 Å². The highest BCUT2D eigenvalue weighted by molar-refractivity contribution is 5.95. The number of rotatable bonds is 7. The van der Waals surface area contributed by atoms with E-state index in [9.17, 15) is 9.59 Å². The lowest BCUT2D eigenvalue weighted by Crippen LogP contribution is -2.34. The maximum Gasteiger partial charge on any atom is 0.253 e. The number of nitrogens with zero attached hydrogens (tertiary/aromatic N) is 4. The average molecular weight is 481 g/mol. The molecule has 6 rings (SSSR count). The van der Waals surface area contributed by atoms with Gasteiger partial charge in [0.1, 0.15) is 12.1 Å². The molecule has 1 aliphatic heterocycles. The van der Waals surface area contributed by atoms with E-state index in [1.165, 1.54) is 0 Å². The predicted molar refractivity (Wildman–Crippen MR) is 138 cm³/mol. The van der Waals surface area contributed by atoms with Crippen molar-refractivity contribution in [1.29, 1.82) is 0 Å². The SMILES string of the molecule is O=CC1C2C=CC(C2)C1Nc1nc(Nc2cccc(C(=O)N3CCCC3)c2)ncc1-c1cccnc1. The van der Waals surface area contributed by atoms with E-state index in [1.54, 1.807) is 18.6 Å². The minimum atomic E-state index is -0.0820. The van der Waals surface area contributed by atoms with Crippen molar-refractivity contribution in [2.45, 2.75) is 25.3 Å². The highest BCUT2D eigenvalue weighted by atomic mass is 16.2. The Hall–Kier alpha value is -4.07. The molecule has 3 aromatic rings. The summed E-state index contributed by atoms with van der Waals surface area (Å²) in [6.45, 7) is 1.62. The fraction of sp³-hybridized carbons (Fsp3) is 0.321. The van der Waals surface area contributed by atoms with Crippen LogP contribution < -0.4 is 10.6 Å². The smallest absolute Gasteiger partial charge is 0.253 e. The maximum atomic E-state index is 12.8. The minimum absolute atomic E-state index is 0.0166. The Morgan fingerprint density at radius 2 is 1.92 bits per heavy atom. The number of benzene rings is 1. The summed E-state index contributed by atoms with van der Waals surface area (Å²) < 4.78 is 0. The molecule has 4 atom stereocenters. The van der Waals surface area contributed by atoms with E-state index in [-0.39, 0.29) is 23.8 Å². The van der Waals surface area contributed by atoms with Crippen molar-refractivity contribution in [3.05, 3.63) is 72.7 Å². The van der Waals surface area contributed by atoms with Crippen molar-refractivity contribution in [3.8, 4) is 11.1 Å².